The molecule has 0 bridgehead atoms. The van der Waals surface area contributed by atoms with Crippen LogP contribution in [0.25, 0.3) is 17.0 Å². The maximum atomic E-state index is 5.45. The number of ether oxygens (including phenoxy) is 1. The normalized spacial score (nSPS) is 18.2. The quantitative estimate of drug-likeness (QED) is 0.329. The van der Waals surface area contributed by atoms with E-state index in [0.29, 0.717) is 0 Å². The highest BCUT2D eigenvalue weighted by Gasteiger charge is 2.17. The number of rotatable bonds is 8. The first-order valence-electron chi connectivity index (χ1n) is 13.6. The average Bonchev–Trinajstić information content (AvgIpc) is 3.24. The predicted molar refractivity (Wildman–Crippen MR) is 159 cm³/mol. The van der Waals surface area contributed by atoms with Crippen molar-refractivity contribution in [3.05, 3.63) is 118 Å². The molecule has 0 saturated carbocycles. The molecule has 0 unspecified atom stereocenters. The molecule has 0 atom stereocenters. The number of hydrogen-bond acceptors (Lipinski definition) is 5. The lowest BCUT2D eigenvalue weighted by Gasteiger charge is -2.26. The Kier molecular flexibility index (Phi) is 8.59. The van der Waals surface area contributed by atoms with Gasteiger partial charge in [0.1, 0.15) is 5.69 Å². The second kappa shape index (κ2) is 12.6. The van der Waals surface area contributed by atoms with E-state index < -0.39 is 0 Å². The molecule has 1 aliphatic heterocycles. The number of pyridine rings is 1. The third kappa shape index (κ3) is 6.50. The number of aromatic nitrogens is 3. The molecule has 198 valence electrons. The first-order chi connectivity index (χ1) is 19.1. The fraction of sp³-hybridized carbons (Fsp3) is 0.273. The van der Waals surface area contributed by atoms with Crippen LogP contribution in [-0.4, -0.2) is 59.1 Å². The molecule has 1 saturated heterocycles. The summed E-state index contributed by atoms with van der Waals surface area (Å²) in [5.74, 6) is 0. The number of aliphatic imine (C=N–C) groups is 1. The number of morpholine rings is 1. The highest BCUT2D eigenvalue weighted by atomic mass is 16.5. The van der Waals surface area contributed by atoms with E-state index in [1.807, 2.05) is 37.5 Å². The van der Waals surface area contributed by atoms with Crippen LogP contribution in [0, 0.1) is 6.92 Å². The monoisotopic (exact) mass is 517 g/mol. The maximum Gasteiger partial charge on any atom is 0.119 e. The molecule has 3 heterocycles. The van der Waals surface area contributed by atoms with E-state index in [1.165, 1.54) is 0 Å². The molecule has 1 fully saturated rings. The van der Waals surface area contributed by atoms with Gasteiger partial charge in [-0.25, -0.2) is 0 Å². The largest absolute Gasteiger partial charge is 0.379 e. The third-order valence-corrected chi connectivity index (χ3v) is 7.05. The zero-order valence-corrected chi connectivity index (χ0v) is 22.8. The Hall–Kier alpha value is -4.09. The Morgan fingerprint density at radius 3 is 2.92 bits per heavy atom. The van der Waals surface area contributed by atoms with Crippen molar-refractivity contribution in [3.63, 3.8) is 0 Å². The van der Waals surface area contributed by atoms with Crippen LogP contribution < -0.4 is 0 Å². The van der Waals surface area contributed by atoms with Gasteiger partial charge in [-0.1, -0.05) is 43.0 Å². The van der Waals surface area contributed by atoms with Gasteiger partial charge in [0, 0.05) is 61.0 Å². The van der Waals surface area contributed by atoms with Gasteiger partial charge in [-0.3, -0.25) is 20.0 Å². The second-order valence-corrected chi connectivity index (χ2v) is 9.74. The minimum atomic E-state index is 0.806. The highest BCUT2D eigenvalue weighted by molar-refractivity contribution is 5.89. The average molecular weight is 518 g/mol. The molecule has 2 aliphatic carbocycles. The summed E-state index contributed by atoms with van der Waals surface area (Å²) in [6.45, 7) is 12.8. The molecule has 2 aromatic heterocycles. The highest BCUT2D eigenvalue weighted by Crippen LogP contribution is 2.32. The number of aryl methyl sites for hydroxylation is 1. The lowest BCUT2D eigenvalue weighted by molar-refractivity contribution is 0.0384. The fourth-order valence-corrected chi connectivity index (χ4v) is 4.85. The van der Waals surface area contributed by atoms with Crippen LogP contribution in [0.5, 0.6) is 0 Å². The Labute approximate surface area is 230 Å². The smallest absolute Gasteiger partial charge is 0.119 e. The molecule has 1 N–H and O–H groups in total. The van der Waals surface area contributed by atoms with Crippen LogP contribution in [0.2, 0.25) is 0 Å². The first kappa shape index (κ1) is 26.5. The summed E-state index contributed by atoms with van der Waals surface area (Å²) in [4.78, 5) is 11.8. The van der Waals surface area contributed by atoms with E-state index in [9.17, 15) is 0 Å². The lowest BCUT2D eigenvalue weighted by Crippen LogP contribution is -2.36. The summed E-state index contributed by atoms with van der Waals surface area (Å²) < 4.78 is 5.45. The van der Waals surface area contributed by atoms with E-state index in [2.05, 4.69) is 81.8 Å². The number of fused-ring (bicyclic) bond motifs is 1. The summed E-state index contributed by atoms with van der Waals surface area (Å²) in [6, 6.07) is 5.98. The van der Waals surface area contributed by atoms with Crippen molar-refractivity contribution in [1.82, 2.24) is 20.1 Å². The van der Waals surface area contributed by atoms with Crippen LogP contribution in [0.3, 0.4) is 0 Å². The van der Waals surface area contributed by atoms with Gasteiger partial charge in [0.2, 0.25) is 0 Å². The molecule has 0 radical (unpaired) electrons. The number of nitrogens with one attached hydrogen (secondary N) is 1. The third-order valence-electron chi connectivity index (χ3n) is 7.05. The van der Waals surface area contributed by atoms with Gasteiger partial charge in [0.05, 0.1) is 18.9 Å². The Morgan fingerprint density at radius 2 is 2.10 bits per heavy atom. The van der Waals surface area contributed by atoms with Gasteiger partial charge in [0.25, 0.3) is 0 Å². The van der Waals surface area contributed by atoms with Gasteiger partial charge < -0.3 is 4.74 Å². The van der Waals surface area contributed by atoms with Crippen molar-refractivity contribution in [2.75, 3.05) is 32.8 Å². The van der Waals surface area contributed by atoms with E-state index in [4.69, 9.17) is 9.73 Å². The Bertz CT molecular complexity index is 1480. The van der Waals surface area contributed by atoms with Gasteiger partial charge >= 0.3 is 0 Å². The minimum absolute atomic E-state index is 0.806. The van der Waals surface area contributed by atoms with E-state index in [0.717, 1.165) is 102 Å². The maximum absolute atomic E-state index is 5.45. The molecule has 39 heavy (non-hydrogen) atoms. The number of hydrogen-bond donors (Lipinski definition) is 1. The van der Waals surface area contributed by atoms with Crippen LogP contribution in [0.4, 0.5) is 0 Å². The zero-order chi connectivity index (χ0) is 27.0. The Morgan fingerprint density at radius 1 is 1.23 bits per heavy atom. The standard InChI is InChI=1S/C33H35N5O/c1-4-26(22-34-24(2)16-17-38-18-20-39-21-19-38)29-10-6-5-9-27-12-13-28(14-15-30(27)29)31-23-35-37-33(31)32-11-7-8-25(3)36-32/h4,6-13,15,22-23H,2,5,16-21H2,1,3H3,(H,35,37)/b26-4+,34-22-. The van der Waals surface area contributed by atoms with Crippen LogP contribution >= 0.6 is 0 Å². The van der Waals surface area contributed by atoms with Crippen LogP contribution in [0.15, 0.2) is 112 Å². The summed E-state index contributed by atoms with van der Waals surface area (Å²) in [5.41, 5.74) is 13.4. The SMILES string of the molecule is C=C(CCN1CCOCC1)/N=C\C(=C/C)C1=C2C=C=C(c3c[nH]nc3-c3cccc(C)n3)C=CC2=CCC=C1. The molecule has 6 nitrogen and oxygen atoms in total. The lowest BCUT2D eigenvalue weighted by atomic mass is 9.95. The molecule has 0 spiro atoms. The van der Waals surface area contributed by atoms with Crippen molar-refractivity contribution in [1.29, 1.82) is 0 Å². The molecule has 6 heteroatoms. The van der Waals surface area contributed by atoms with E-state index in [-0.39, 0.29) is 0 Å². The summed E-state index contributed by atoms with van der Waals surface area (Å²) in [5, 5.41) is 7.52. The molecule has 2 aromatic rings. The molecule has 0 aromatic carbocycles. The van der Waals surface area contributed by atoms with E-state index in [1.54, 1.807) is 0 Å². The summed E-state index contributed by atoms with van der Waals surface area (Å²) in [6.07, 6.45) is 20.7. The number of H-pyrrole nitrogens is 1. The predicted octanol–water partition coefficient (Wildman–Crippen LogP) is 6.32. The van der Waals surface area contributed by atoms with Crippen molar-refractivity contribution < 1.29 is 4.74 Å². The van der Waals surface area contributed by atoms with Crippen molar-refractivity contribution in [3.8, 4) is 11.4 Å². The molecular formula is C33H35N5O. The van der Waals surface area contributed by atoms with E-state index >= 15 is 0 Å². The number of nitrogens with zero attached hydrogens (tertiary/aromatic N) is 4. The van der Waals surface area contributed by atoms with Crippen LogP contribution in [-0.2, 0) is 4.74 Å². The zero-order valence-electron chi connectivity index (χ0n) is 22.8. The molecule has 5 rings (SSSR count). The second-order valence-electron chi connectivity index (χ2n) is 9.74. The van der Waals surface area contributed by atoms with Crippen molar-refractivity contribution >= 4 is 11.8 Å². The fourth-order valence-electron chi connectivity index (χ4n) is 4.85. The first-order valence-corrected chi connectivity index (χ1v) is 13.6. The molecular weight excluding hydrogens is 482 g/mol. The minimum Gasteiger partial charge on any atom is -0.379 e. The van der Waals surface area contributed by atoms with Gasteiger partial charge in [0.15, 0.2) is 0 Å². The molecule has 0 amide bonds. The van der Waals surface area contributed by atoms with Gasteiger partial charge in [-0.15, -0.1) is 5.73 Å². The molecule has 3 aliphatic rings. The summed E-state index contributed by atoms with van der Waals surface area (Å²) in [7, 11) is 0. The van der Waals surface area contributed by atoms with Gasteiger partial charge in [-0.05, 0) is 66.8 Å². The number of aromatic amines is 1. The topological polar surface area (TPSA) is 66.4 Å². The van der Waals surface area contributed by atoms with Gasteiger partial charge in [-0.2, -0.15) is 5.10 Å². The van der Waals surface area contributed by atoms with Crippen LogP contribution in [0.1, 0.15) is 31.0 Å². The Balaban J connectivity index is 1.42. The van der Waals surface area contributed by atoms with Crippen molar-refractivity contribution in [2.45, 2.75) is 26.7 Å². The van der Waals surface area contributed by atoms with Crippen molar-refractivity contribution in [2.24, 2.45) is 4.99 Å². The summed E-state index contributed by atoms with van der Waals surface area (Å²) >= 11 is 0. The number of allylic oxidation sites excluding steroid dienone is 11.